The monoisotopic (exact) mass is 422 g/mol. The third-order valence-electron chi connectivity index (χ3n) is 4.04. The van der Waals surface area contributed by atoms with Crippen molar-refractivity contribution in [1.29, 1.82) is 0 Å². The Morgan fingerprint density at radius 3 is 2.32 bits per heavy atom. The molecule has 0 unspecified atom stereocenters. The van der Waals surface area contributed by atoms with Gasteiger partial charge in [0.1, 0.15) is 5.82 Å². The molecule has 1 fully saturated rings. The summed E-state index contributed by atoms with van der Waals surface area (Å²) in [4.78, 5) is 7.49. The first-order valence-corrected chi connectivity index (χ1v) is 9.26. The lowest BCUT2D eigenvalue weighted by Gasteiger charge is -2.16. The predicted octanol–water partition coefficient (Wildman–Crippen LogP) is 6.21. The summed E-state index contributed by atoms with van der Waals surface area (Å²) in [6.45, 7) is 0. The molecule has 1 aromatic heterocycles. The molecule has 1 aliphatic carbocycles. The third-order valence-corrected chi connectivity index (χ3v) is 4.77. The molecule has 2 aromatic rings. The van der Waals surface area contributed by atoms with Gasteiger partial charge in [0, 0.05) is 22.7 Å². The first kappa shape index (κ1) is 20.6. The molecular formula is C17H16F6N4S. The molecule has 152 valence electrons. The van der Waals surface area contributed by atoms with Crippen LogP contribution in [0.2, 0.25) is 0 Å². The van der Waals surface area contributed by atoms with E-state index >= 15 is 0 Å². The maximum absolute atomic E-state index is 13.2. The van der Waals surface area contributed by atoms with Crippen molar-refractivity contribution < 1.29 is 26.3 Å². The molecule has 28 heavy (non-hydrogen) atoms. The molecule has 0 radical (unpaired) electrons. The topological polar surface area (TPSA) is 49.8 Å². The Bertz CT molecular complexity index is 818. The molecule has 0 bridgehead atoms. The van der Waals surface area contributed by atoms with Crippen LogP contribution in [-0.2, 0) is 6.18 Å². The van der Waals surface area contributed by atoms with E-state index in [4.69, 9.17) is 0 Å². The number of alkyl halides is 6. The quantitative estimate of drug-likeness (QED) is 0.444. The third kappa shape index (κ3) is 5.91. The highest BCUT2D eigenvalue weighted by atomic mass is 32.2. The number of aromatic nitrogens is 2. The molecule has 1 aromatic carbocycles. The Labute approximate surface area is 161 Å². The van der Waals surface area contributed by atoms with Gasteiger partial charge >= 0.3 is 11.7 Å². The maximum atomic E-state index is 13.2. The van der Waals surface area contributed by atoms with Gasteiger partial charge in [-0.05, 0) is 42.8 Å². The van der Waals surface area contributed by atoms with Gasteiger partial charge in [-0.3, -0.25) is 0 Å². The van der Waals surface area contributed by atoms with Crippen LogP contribution in [0.5, 0.6) is 0 Å². The molecule has 4 nitrogen and oxygen atoms in total. The molecule has 1 heterocycles. The van der Waals surface area contributed by atoms with E-state index in [1.54, 1.807) is 0 Å². The molecule has 0 aliphatic heterocycles. The van der Waals surface area contributed by atoms with Crippen molar-refractivity contribution in [3.05, 3.63) is 36.0 Å². The average Bonchev–Trinajstić information content (AvgIpc) is 3.05. The normalized spacial score (nSPS) is 15.6. The van der Waals surface area contributed by atoms with Crippen molar-refractivity contribution in [2.75, 3.05) is 10.6 Å². The molecule has 3 rings (SSSR count). The van der Waals surface area contributed by atoms with Crippen LogP contribution >= 0.6 is 11.8 Å². The molecule has 2 N–H and O–H groups in total. The largest absolute Gasteiger partial charge is 0.446 e. The number of rotatable bonds is 5. The van der Waals surface area contributed by atoms with Gasteiger partial charge in [0.25, 0.3) is 0 Å². The summed E-state index contributed by atoms with van der Waals surface area (Å²) >= 11 is -0.308. The molecule has 1 saturated carbocycles. The number of hydrogen-bond donors (Lipinski definition) is 2. The van der Waals surface area contributed by atoms with E-state index in [9.17, 15) is 26.3 Å². The van der Waals surface area contributed by atoms with Gasteiger partial charge in [-0.25, -0.2) is 4.98 Å². The SMILES string of the molecule is FC(F)(F)Sc1cccc(Nc2cc(C(F)(F)F)nc(NC3CCCC3)n2)c1. The zero-order valence-electron chi connectivity index (χ0n) is 14.4. The van der Waals surface area contributed by atoms with Gasteiger partial charge in [0.05, 0.1) is 0 Å². The van der Waals surface area contributed by atoms with Crippen molar-refractivity contribution in [2.24, 2.45) is 0 Å². The fraction of sp³-hybridized carbons (Fsp3) is 0.412. The van der Waals surface area contributed by atoms with Crippen LogP contribution in [0.15, 0.2) is 35.2 Å². The molecule has 11 heteroatoms. The first-order valence-electron chi connectivity index (χ1n) is 8.44. The summed E-state index contributed by atoms with van der Waals surface area (Å²) in [5.41, 5.74) is -5.41. The summed E-state index contributed by atoms with van der Waals surface area (Å²) in [6, 6.07) is 6.00. The fourth-order valence-electron chi connectivity index (χ4n) is 2.89. The van der Waals surface area contributed by atoms with Gasteiger partial charge < -0.3 is 10.6 Å². The summed E-state index contributed by atoms with van der Waals surface area (Å²) in [6.07, 6.45) is -1.09. The van der Waals surface area contributed by atoms with Crippen LogP contribution in [0.3, 0.4) is 0 Å². The predicted molar refractivity (Wildman–Crippen MR) is 94.5 cm³/mol. The van der Waals surface area contributed by atoms with Crippen molar-refractivity contribution in [2.45, 2.75) is 48.3 Å². The van der Waals surface area contributed by atoms with Crippen molar-refractivity contribution in [3.8, 4) is 0 Å². The fourth-order valence-corrected chi connectivity index (χ4v) is 3.49. The van der Waals surface area contributed by atoms with Crippen LogP contribution < -0.4 is 10.6 Å². The number of thioether (sulfide) groups is 1. The molecule has 0 atom stereocenters. The first-order chi connectivity index (χ1) is 13.1. The van der Waals surface area contributed by atoms with Crippen LogP contribution in [-0.4, -0.2) is 21.5 Å². The average molecular weight is 422 g/mol. The highest BCUT2D eigenvalue weighted by Gasteiger charge is 2.34. The highest BCUT2D eigenvalue weighted by molar-refractivity contribution is 8.00. The Balaban J connectivity index is 1.85. The molecule has 0 saturated heterocycles. The number of halogens is 6. The Kier molecular flexibility index (Phi) is 5.92. The number of nitrogens with one attached hydrogen (secondary N) is 2. The van der Waals surface area contributed by atoms with E-state index in [0.717, 1.165) is 31.7 Å². The van der Waals surface area contributed by atoms with Crippen molar-refractivity contribution in [1.82, 2.24) is 9.97 Å². The van der Waals surface area contributed by atoms with Crippen LogP contribution in [0.4, 0.5) is 43.8 Å². The molecule has 0 spiro atoms. The molecular weight excluding hydrogens is 406 g/mol. The van der Waals surface area contributed by atoms with E-state index in [2.05, 4.69) is 20.6 Å². The second-order valence-corrected chi connectivity index (χ2v) is 7.42. The van der Waals surface area contributed by atoms with Gasteiger partial charge in [0.15, 0.2) is 5.69 Å². The second kappa shape index (κ2) is 8.06. The van der Waals surface area contributed by atoms with E-state index in [1.807, 2.05) is 0 Å². The number of nitrogens with zero attached hydrogens (tertiary/aromatic N) is 2. The number of anilines is 3. The summed E-state index contributed by atoms with van der Waals surface area (Å²) in [5, 5.41) is 5.54. The lowest BCUT2D eigenvalue weighted by molar-refractivity contribution is -0.141. The summed E-state index contributed by atoms with van der Waals surface area (Å²) < 4.78 is 77.1. The lowest BCUT2D eigenvalue weighted by atomic mass is 10.2. The smallest absolute Gasteiger partial charge is 0.351 e. The molecule has 0 amide bonds. The van der Waals surface area contributed by atoms with Gasteiger partial charge in [-0.1, -0.05) is 18.9 Å². The Hall–Kier alpha value is -2.17. The standard InChI is InChI=1S/C17H16F6N4S/c18-16(19,20)13-9-14(27-15(26-13)25-10-4-1-2-5-10)24-11-6-3-7-12(8-11)28-17(21,22)23/h3,6-10H,1-2,4-5H2,(H2,24,25,26,27). The summed E-state index contributed by atoms with van der Waals surface area (Å²) in [5.74, 6) is -0.318. The van der Waals surface area contributed by atoms with Gasteiger partial charge in [0.2, 0.25) is 5.95 Å². The van der Waals surface area contributed by atoms with Crippen LogP contribution in [0.1, 0.15) is 31.4 Å². The van der Waals surface area contributed by atoms with E-state index in [1.165, 1.54) is 24.3 Å². The van der Waals surface area contributed by atoms with Crippen LogP contribution in [0, 0.1) is 0 Å². The Morgan fingerprint density at radius 1 is 0.964 bits per heavy atom. The maximum Gasteiger partial charge on any atom is 0.446 e. The number of hydrogen-bond acceptors (Lipinski definition) is 5. The number of benzene rings is 1. The van der Waals surface area contributed by atoms with Crippen molar-refractivity contribution in [3.63, 3.8) is 0 Å². The van der Waals surface area contributed by atoms with E-state index < -0.39 is 17.4 Å². The van der Waals surface area contributed by atoms with Gasteiger partial charge in [-0.15, -0.1) is 0 Å². The van der Waals surface area contributed by atoms with Crippen molar-refractivity contribution >= 4 is 29.2 Å². The van der Waals surface area contributed by atoms with Gasteiger partial charge in [-0.2, -0.15) is 31.3 Å². The zero-order valence-corrected chi connectivity index (χ0v) is 15.2. The Morgan fingerprint density at radius 2 is 1.68 bits per heavy atom. The summed E-state index contributed by atoms with van der Waals surface area (Å²) in [7, 11) is 0. The minimum Gasteiger partial charge on any atom is -0.351 e. The molecule has 1 aliphatic rings. The van der Waals surface area contributed by atoms with Crippen LogP contribution in [0.25, 0.3) is 0 Å². The lowest BCUT2D eigenvalue weighted by Crippen LogP contribution is -2.19. The van der Waals surface area contributed by atoms with E-state index in [0.29, 0.717) is 0 Å². The zero-order chi connectivity index (χ0) is 20.4. The minimum absolute atomic E-state index is 0.00264. The minimum atomic E-state index is -4.68. The van der Waals surface area contributed by atoms with E-state index in [-0.39, 0.29) is 40.2 Å². The highest BCUT2D eigenvalue weighted by Crippen LogP contribution is 2.38. The second-order valence-electron chi connectivity index (χ2n) is 6.29.